The van der Waals surface area contributed by atoms with Crippen molar-refractivity contribution in [3.05, 3.63) is 71.9 Å². The van der Waals surface area contributed by atoms with Crippen molar-refractivity contribution in [2.24, 2.45) is 17.8 Å². The van der Waals surface area contributed by atoms with E-state index in [0.29, 0.717) is 22.9 Å². The molecule has 2 aliphatic carbocycles. The maximum absolute atomic E-state index is 13.2. The van der Waals surface area contributed by atoms with Crippen LogP contribution in [0.1, 0.15) is 49.1 Å². The number of para-hydroxylation sites is 1. The number of imidazole rings is 1. The summed E-state index contributed by atoms with van der Waals surface area (Å²) in [7, 11) is 1.45. The van der Waals surface area contributed by atoms with Gasteiger partial charge in [0.15, 0.2) is 0 Å². The van der Waals surface area contributed by atoms with Crippen molar-refractivity contribution in [1.29, 1.82) is 0 Å². The minimum Gasteiger partial charge on any atom is -0.469 e. The lowest BCUT2D eigenvalue weighted by Crippen LogP contribution is -2.45. The van der Waals surface area contributed by atoms with Crippen LogP contribution in [0.4, 0.5) is 14.7 Å². The van der Waals surface area contributed by atoms with Gasteiger partial charge in [0.25, 0.3) is 0 Å². The van der Waals surface area contributed by atoms with Crippen LogP contribution in [-0.2, 0) is 15.1 Å². The predicted octanol–water partition coefficient (Wildman–Crippen LogP) is 4.77. The number of aromatic nitrogens is 4. The van der Waals surface area contributed by atoms with Crippen LogP contribution >= 0.6 is 0 Å². The van der Waals surface area contributed by atoms with E-state index in [1.54, 1.807) is 37.5 Å². The summed E-state index contributed by atoms with van der Waals surface area (Å²) in [6.45, 7) is 0.183. The number of anilines is 1. The fourth-order valence-corrected chi connectivity index (χ4v) is 7.32. The Labute approximate surface area is 241 Å². The van der Waals surface area contributed by atoms with Crippen LogP contribution in [0.25, 0.3) is 16.8 Å². The Kier molecular flexibility index (Phi) is 6.38. The van der Waals surface area contributed by atoms with Gasteiger partial charge in [0, 0.05) is 54.3 Å². The predicted molar refractivity (Wildman–Crippen MR) is 149 cm³/mol. The van der Waals surface area contributed by atoms with Gasteiger partial charge in [-0.1, -0.05) is 18.2 Å². The summed E-state index contributed by atoms with van der Waals surface area (Å²) < 4.78 is 38.2. The number of benzene rings is 1. The van der Waals surface area contributed by atoms with Gasteiger partial charge >= 0.3 is 12.6 Å². The zero-order valence-electron chi connectivity index (χ0n) is 23.3. The van der Waals surface area contributed by atoms with Crippen LogP contribution in [0.2, 0.25) is 0 Å². The molecule has 3 unspecified atom stereocenters. The number of hydrogen-bond donors (Lipinski definition) is 1. The first-order chi connectivity index (χ1) is 20.2. The molecule has 1 aromatic carbocycles. The average Bonchev–Trinajstić information content (AvgIpc) is 3.59. The molecule has 1 aliphatic heterocycles. The number of methoxy groups -OCH3 is 1. The van der Waals surface area contributed by atoms with E-state index in [1.165, 1.54) is 13.2 Å². The van der Waals surface area contributed by atoms with Gasteiger partial charge in [-0.2, -0.15) is 8.78 Å². The molecule has 42 heavy (non-hydrogen) atoms. The number of ether oxygens (including phenoxy) is 2. The van der Waals surface area contributed by atoms with Gasteiger partial charge in [-0.05, 0) is 56.2 Å². The number of carbonyl (C=O) groups is 1. The number of piperidine rings is 1. The molecular formula is C31H31F2N5O4. The Bertz CT molecular complexity index is 1640. The molecule has 1 N–H and O–H groups in total. The Morgan fingerprint density at radius 3 is 2.48 bits per heavy atom. The molecule has 0 amide bonds. The Balaban J connectivity index is 1.20. The Morgan fingerprint density at radius 1 is 1.07 bits per heavy atom. The highest BCUT2D eigenvalue weighted by atomic mass is 19.3. The molecule has 2 bridgehead atoms. The molecule has 3 aromatic heterocycles. The topological polar surface area (TPSA) is 102 Å². The maximum atomic E-state index is 13.2. The normalized spacial score (nSPS) is 26.6. The van der Waals surface area contributed by atoms with Crippen molar-refractivity contribution in [2.45, 2.75) is 44.3 Å². The second-order valence-corrected chi connectivity index (χ2v) is 11.8. The largest absolute Gasteiger partial charge is 0.469 e. The highest BCUT2D eigenvalue weighted by Gasteiger charge is 2.47. The Morgan fingerprint density at radius 2 is 1.79 bits per heavy atom. The molecule has 3 aliphatic rings. The molecule has 1 saturated carbocycles. The fourth-order valence-electron chi connectivity index (χ4n) is 7.32. The molecule has 2 fully saturated rings. The lowest BCUT2D eigenvalue weighted by Gasteiger charge is -2.36. The number of rotatable bonds is 6. The van der Waals surface area contributed by atoms with E-state index in [0.717, 1.165) is 42.8 Å². The quantitative estimate of drug-likeness (QED) is 0.328. The van der Waals surface area contributed by atoms with Gasteiger partial charge in [-0.3, -0.25) is 4.79 Å². The van der Waals surface area contributed by atoms with Gasteiger partial charge in [0.05, 0.1) is 24.4 Å². The van der Waals surface area contributed by atoms with Crippen LogP contribution < -0.4 is 9.64 Å². The summed E-state index contributed by atoms with van der Waals surface area (Å²) in [6, 6.07) is 10.5. The molecule has 11 heteroatoms. The molecule has 5 atom stereocenters. The first kappa shape index (κ1) is 26.8. The van der Waals surface area contributed by atoms with Crippen LogP contribution in [0.15, 0.2) is 55.0 Å². The third-order valence-corrected chi connectivity index (χ3v) is 9.17. The van der Waals surface area contributed by atoms with E-state index in [9.17, 15) is 18.7 Å². The summed E-state index contributed by atoms with van der Waals surface area (Å²) >= 11 is 0. The monoisotopic (exact) mass is 575 g/mol. The van der Waals surface area contributed by atoms with E-state index in [4.69, 9.17) is 14.5 Å². The van der Waals surface area contributed by atoms with Crippen molar-refractivity contribution in [2.75, 3.05) is 25.1 Å². The molecule has 0 spiro atoms. The van der Waals surface area contributed by atoms with Gasteiger partial charge in [0.2, 0.25) is 5.95 Å². The highest BCUT2D eigenvalue weighted by molar-refractivity contribution is 5.74. The molecule has 7 rings (SSSR count). The lowest BCUT2D eigenvalue weighted by atomic mass is 9.85. The zero-order valence-corrected chi connectivity index (χ0v) is 23.3. The number of alkyl halides is 2. The van der Waals surface area contributed by atoms with Crippen molar-refractivity contribution in [1.82, 2.24) is 19.4 Å². The van der Waals surface area contributed by atoms with Gasteiger partial charge in [0.1, 0.15) is 17.0 Å². The first-order valence-electron chi connectivity index (χ1n) is 14.2. The smallest absolute Gasteiger partial charge is 0.387 e. The van der Waals surface area contributed by atoms with Gasteiger partial charge in [-0.25, -0.2) is 15.0 Å². The molecule has 9 nitrogen and oxygen atoms in total. The summed E-state index contributed by atoms with van der Waals surface area (Å²) in [5, 5.41) is 11.3. The van der Waals surface area contributed by atoms with E-state index >= 15 is 0 Å². The van der Waals surface area contributed by atoms with E-state index in [1.807, 2.05) is 22.7 Å². The number of hydrogen-bond acceptors (Lipinski definition) is 8. The molecule has 4 aromatic rings. The molecule has 0 radical (unpaired) electrons. The number of carbonyl (C=O) groups excluding carboxylic acids is 1. The maximum Gasteiger partial charge on any atom is 0.387 e. The number of esters is 1. The summed E-state index contributed by atoms with van der Waals surface area (Å²) in [5.41, 5.74) is 2.88. The van der Waals surface area contributed by atoms with E-state index in [-0.39, 0.29) is 35.9 Å². The number of halogens is 2. The van der Waals surface area contributed by atoms with E-state index in [2.05, 4.69) is 14.9 Å². The summed E-state index contributed by atoms with van der Waals surface area (Å²) in [4.78, 5) is 28.5. The van der Waals surface area contributed by atoms with Crippen LogP contribution in [0.5, 0.6) is 5.75 Å². The van der Waals surface area contributed by atoms with Crippen LogP contribution in [0.3, 0.4) is 0 Å². The number of nitrogens with zero attached hydrogens (tertiary/aromatic N) is 5. The first-order valence-corrected chi connectivity index (χ1v) is 14.2. The molecule has 4 heterocycles. The van der Waals surface area contributed by atoms with Crippen molar-refractivity contribution < 1.29 is 28.2 Å². The minimum absolute atomic E-state index is 0.0485. The highest BCUT2D eigenvalue weighted by Crippen LogP contribution is 2.50. The number of fused-ring (bicyclic) bond motifs is 5. The van der Waals surface area contributed by atoms with Crippen LogP contribution in [0, 0.1) is 17.8 Å². The molecule has 218 valence electrons. The van der Waals surface area contributed by atoms with Crippen LogP contribution in [-0.4, -0.2) is 57.2 Å². The molecular weight excluding hydrogens is 544 g/mol. The summed E-state index contributed by atoms with van der Waals surface area (Å²) in [6.07, 6.45) is 7.78. The van der Waals surface area contributed by atoms with E-state index < -0.39 is 18.1 Å². The summed E-state index contributed by atoms with van der Waals surface area (Å²) in [5.74, 6) is 0.632. The number of pyridine rings is 1. The average molecular weight is 576 g/mol. The fraction of sp³-hybridized carbons (Fsp3) is 0.419. The zero-order chi connectivity index (χ0) is 29.2. The standard InChI is InChI=1S/C31H31F2N5O4/c1-31(40)11-22(21-5-3-4-6-23(21)42-29(32)33)26-27(31)36-24-10-9-17(16-38(24)26)20-12-34-30(35-13-20)37-14-18-7-8-19(15-37)25(18)28(39)41-2/h3-6,9-10,12-13,16,18-19,22,25,29,40H,7-8,11,14-15H2,1-2H3/t18-,19+,22?,25?,31?. The van der Waals surface area contributed by atoms with Crippen molar-refractivity contribution >= 4 is 17.6 Å². The van der Waals surface area contributed by atoms with Gasteiger partial charge < -0.3 is 23.9 Å². The Hall–Kier alpha value is -4.12. The third kappa shape index (κ3) is 4.38. The minimum atomic E-state index is -2.96. The van der Waals surface area contributed by atoms with Gasteiger partial charge in [-0.15, -0.1) is 0 Å². The second kappa shape index (κ2) is 10.0. The third-order valence-electron chi connectivity index (χ3n) is 9.17. The SMILES string of the molecule is COC(=O)C1[C@@H]2CC[C@H]1CN(c1ncc(-c3ccc4nc5c(n4c3)C(c3ccccc3OC(F)F)CC5(C)O)cn1)C2. The molecule has 1 saturated heterocycles. The van der Waals surface area contributed by atoms with Crippen molar-refractivity contribution in [3.63, 3.8) is 0 Å². The number of aliphatic hydroxyl groups is 1. The lowest BCUT2D eigenvalue weighted by molar-refractivity contribution is -0.148. The second-order valence-electron chi connectivity index (χ2n) is 11.8. The van der Waals surface area contributed by atoms with Crippen molar-refractivity contribution in [3.8, 4) is 16.9 Å².